The van der Waals surface area contributed by atoms with E-state index in [0.29, 0.717) is 6.54 Å². The number of aromatic amines is 1. The molecule has 0 unspecified atom stereocenters. The van der Waals surface area contributed by atoms with E-state index in [-0.39, 0.29) is 17.2 Å². The van der Waals surface area contributed by atoms with Gasteiger partial charge in [-0.1, -0.05) is 12.1 Å². The van der Waals surface area contributed by atoms with Crippen LogP contribution in [0.25, 0.3) is 0 Å². The molecule has 0 radical (unpaired) electrons. The van der Waals surface area contributed by atoms with Gasteiger partial charge >= 0.3 is 0 Å². The van der Waals surface area contributed by atoms with Gasteiger partial charge in [-0.15, -0.1) is 0 Å². The monoisotopic (exact) mass is 273 g/mol. The van der Waals surface area contributed by atoms with E-state index in [0.717, 1.165) is 16.9 Å². The molecule has 1 aromatic heterocycles. The molecule has 0 aliphatic rings. The first kappa shape index (κ1) is 13.8. The number of aromatic nitrogens is 2. The van der Waals surface area contributed by atoms with E-state index in [1.165, 1.54) is 12.1 Å². The second-order valence-electron chi connectivity index (χ2n) is 4.29. The van der Waals surface area contributed by atoms with Crippen molar-refractivity contribution in [2.75, 3.05) is 7.11 Å². The Hall–Kier alpha value is -2.63. The summed E-state index contributed by atoms with van der Waals surface area (Å²) in [5.41, 5.74) is 1.80. The van der Waals surface area contributed by atoms with Crippen molar-refractivity contribution in [3.63, 3.8) is 0 Å². The first-order valence-electron chi connectivity index (χ1n) is 6.07. The maximum absolute atomic E-state index is 11.8. The van der Waals surface area contributed by atoms with Gasteiger partial charge in [0.1, 0.15) is 11.4 Å². The molecule has 1 amide bonds. The van der Waals surface area contributed by atoms with Crippen molar-refractivity contribution >= 4 is 5.91 Å². The van der Waals surface area contributed by atoms with Gasteiger partial charge in [-0.05, 0) is 30.2 Å². The standard InChI is InChI=1S/C14H15N3O3/c1-9-7-10(3-5-12(9)20-2)8-15-14(19)11-4-6-13(18)17-16-11/h3-7H,8H2,1-2H3,(H,15,19)(H,17,18). The zero-order valence-corrected chi connectivity index (χ0v) is 11.3. The lowest BCUT2D eigenvalue weighted by atomic mass is 10.1. The Balaban J connectivity index is 2.01. The normalized spacial score (nSPS) is 10.1. The van der Waals surface area contributed by atoms with Crippen molar-refractivity contribution in [1.82, 2.24) is 15.5 Å². The molecular weight excluding hydrogens is 258 g/mol. The van der Waals surface area contributed by atoms with Crippen LogP contribution in [0, 0.1) is 6.92 Å². The number of nitrogens with zero attached hydrogens (tertiary/aromatic N) is 1. The van der Waals surface area contributed by atoms with E-state index in [1.807, 2.05) is 25.1 Å². The fourth-order valence-electron chi connectivity index (χ4n) is 1.79. The zero-order chi connectivity index (χ0) is 14.5. The molecule has 0 spiro atoms. The number of carbonyl (C=O) groups is 1. The average Bonchev–Trinajstić information content (AvgIpc) is 2.45. The van der Waals surface area contributed by atoms with Crippen LogP contribution in [0.1, 0.15) is 21.6 Å². The van der Waals surface area contributed by atoms with Crippen LogP contribution in [-0.2, 0) is 6.54 Å². The van der Waals surface area contributed by atoms with E-state index in [4.69, 9.17) is 4.74 Å². The maximum Gasteiger partial charge on any atom is 0.271 e. The van der Waals surface area contributed by atoms with Gasteiger partial charge in [-0.3, -0.25) is 9.59 Å². The summed E-state index contributed by atoms with van der Waals surface area (Å²) >= 11 is 0. The maximum atomic E-state index is 11.8. The molecule has 20 heavy (non-hydrogen) atoms. The van der Waals surface area contributed by atoms with Crippen LogP contribution in [-0.4, -0.2) is 23.2 Å². The Morgan fingerprint density at radius 2 is 2.15 bits per heavy atom. The van der Waals surface area contributed by atoms with Crippen molar-refractivity contribution in [3.8, 4) is 5.75 Å². The van der Waals surface area contributed by atoms with E-state index < -0.39 is 0 Å². The molecule has 0 aliphatic carbocycles. The Labute approximate surface area is 115 Å². The summed E-state index contributed by atoms with van der Waals surface area (Å²) in [5, 5.41) is 8.62. The van der Waals surface area contributed by atoms with Crippen LogP contribution < -0.4 is 15.6 Å². The molecule has 2 rings (SSSR count). The number of amides is 1. The molecule has 0 aliphatic heterocycles. The molecular formula is C14H15N3O3. The lowest BCUT2D eigenvalue weighted by Crippen LogP contribution is -2.25. The Morgan fingerprint density at radius 3 is 2.75 bits per heavy atom. The molecule has 104 valence electrons. The van der Waals surface area contributed by atoms with Crippen molar-refractivity contribution in [2.45, 2.75) is 13.5 Å². The highest BCUT2D eigenvalue weighted by Crippen LogP contribution is 2.18. The van der Waals surface area contributed by atoms with Gasteiger partial charge in [0.2, 0.25) is 0 Å². The first-order valence-corrected chi connectivity index (χ1v) is 6.07. The van der Waals surface area contributed by atoms with Gasteiger partial charge in [0.05, 0.1) is 7.11 Å². The topological polar surface area (TPSA) is 84.1 Å². The van der Waals surface area contributed by atoms with Gasteiger partial charge in [0.15, 0.2) is 0 Å². The molecule has 6 heteroatoms. The van der Waals surface area contributed by atoms with Gasteiger partial charge < -0.3 is 10.1 Å². The van der Waals surface area contributed by atoms with E-state index >= 15 is 0 Å². The van der Waals surface area contributed by atoms with Crippen molar-refractivity contribution in [1.29, 1.82) is 0 Å². The second-order valence-corrected chi connectivity index (χ2v) is 4.29. The molecule has 0 bridgehead atoms. The molecule has 1 aromatic carbocycles. The van der Waals surface area contributed by atoms with Crippen LogP contribution in [0.2, 0.25) is 0 Å². The first-order chi connectivity index (χ1) is 9.60. The predicted octanol–water partition coefficient (Wildman–Crippen LogP) is 1.02. The largest absolute Gasteiger partial charge is 0.496 e. The third-order valence-corrected chi connectivity index (χ3v) is 2.82. The molecule has 0 saturated carbocycles. The lowest BCUT2D eigenvalue weighted by molar-refractivity contribution is 0.0945. The highest BCUT2D eigenvalue weighted by atomic mass is 16.5. The fraction of sp³-hybridized carbons (Fsp3) is 0.214. The predicted molar refractivity (Wildman–Crippen MR) is 73.8 cm³/mol. The molecule has 0 saturated heterocycles. The Morgan fingerprint density at radius 1 is 1.35 bits per heavy atom. The van der Waals surface area contributed by atoms with Gasteiger partial charge in [-0.25, -0.2) is 5.10 Å². The smallest absolute Gasteiger partial charge is 0.271 e. The van der Waals surface area contributed by atoms with Crippen LogP contribution >= 0.6 is 0 Å². The molecule has 1 heterocycles. The van der Waals surface area contributed by atoms with Crippen LogP contribution in [0.5, 0.6) is 5.75 Å². The Bertz CT molecular complexity index is 659. The number of benzene rings is 1. The van der Waals surface area contributed by atoms with Gasteiger partial charge in [-0.2, -0.15) is 5.10 Å². The number of methoxy groups -OCH3 is 1. The fourth-order valence-corrected chi connectivity index (χ4v) is 1.79. The summed E-state index contributed by atoms with van der Waals surface area (Å²) in [6, 6.07) is 8.33. The van der Waals surface area contributed by atoms with Gasteiger partial charge in [0.25, 0.3) is 11.5 Å². The number of hydrogen-bond acceptors (Lipinski definition) is 4. The summed E-state index contributed by atoms with van der Waals surface area (Å²) in [7, 11) is 1.62. The summed E-state index contributed by atoms with van der Waals surface area (Å²) in [6.07, 6.45) is 0. The van der Waals surface area contributed by atoms with Crippen LogP contribution in [0.15, 0.2) is 35.1 Å². The van der Waals surface area contributed by atoms with Gasteiger partial charge in [0, 0.05) is 12.6 Å². The minimum Gasteiger partial charge on any atom is -0.496 e. The van der Waals surface area contributed by atoms with E-state index in [1.54, 1.807) is 7.11 Å². The number of nitrogens with one attached hydrogen (secondary N) is 2. The number of ether oxygens (including phenoxy) is 1. The third kappa shape index (κ3) is 3.23. The molecule has 2 aromatic rings. The number of H-pyrrole nitrogens is 1. The number of carbonyl (C=O) groups excluding carboxylic acids is 1. The number of hydrogen-bond donors (Lipinski definition) is 2. The molecule has 2 N–H and O–H groups in total. The summed E-state index contributed by atoms with van der Waals surface area (Å²) in [5.74, 6) is 0.470. The summed E-state index contributed by atoms with van der Waals surface area (Å²) < 4.78 is 5.18. The van der Waals surface area contributed by atoms with E-state index in [9.17, 15) is 9.59 Å². The van der Waals surface area contributed by atoms with E-state index in [2.05, 4.69) is 15.5 Å². The SMILES string of the molecule is COc1ccc(CNC(=O)c2ccc(=O)[nH]n2)cc1C. The molecule has 0 atom stereocenters. The number of aryl methyl sites for hydroxylation is 1. The number of rotatable bonds is 4. The van der Waals surface area contributed by atoms with Crippen molar-refractivity contribution in [2.24, 2.45) is 0 Å². The van der Waals surface area contributed by atoms with Crippen LogP contribution in [0.4, 0.5) is 0 Å². The van der Waals surface area contributed by atoms with Crippen LogP contribution in [0.3, 0.4) is 0 Å². The zero-order valence-electron chi connectivity index (χ0n) is 11.3. The highest BCUT2D eigenvalue weighted by molar-refractivity contribution is 5.91. The lowest BCUT2D eigenvalue weighted by Gasteiger charge is -2.08. The third-order valence-electron chi connectivity index (χ3n) is 2.82. The summed E-state index contributed by atoms with van der Waals surface area (Å²) in [6.45, 7) is 2.32. The Kier molecular flexibility index (Phi) is 4.14. The minimum atomic E-state index is -0.340. The highest BCUT2D eigenvalue weighted by Gasteiger charge is 2.07. The minimum absolute atomic E-state index is 0.176. The van der Waals surface area contributed by atoms with Crippen molar-refractivity contribution < 1.29 is 9.53 Å². The quantitative estimate of drug-likeness (QED) is 0.871. The molecule has 6 nitrogen and oxygen atoms in total. The average molecular weight is 273 g/mol. The summed E-state index contributed by atoms with van der Waals surface area (Å²) in [4.78, 5) is 22.7. The second kappa shape index (κ2) is 6.01. The van der Waals surface area contributed by atoms with Crippen molar-refractivity contribution in [3.05, 3.63) is 57.5 Å². The molecule has 0 fully saturated rings.